The lowest BCUT2D eigenvalue weighted by Gasteiger charge is -2.17. The maximum absolute atomic E-state index is 12.2. The van der Waals surface area contributed by atoms with E-state index in [2.05, 4.69) is 38.4 Å². The van der Waals surface area contributed by atoms with Gasteiger partial charge in [0.25, 0.3) is 0 Å². The van der Waals surface area contributed by atoms with E-state index in [1.54, 1.807) is 0 Å². The van der Waals surface area contributed by atoms with Gasteiger partial charge >= 0.3 is 0 Å². The molecule has 1 N–H and O–H groups in total. The second-order valence-corrected chi connectivity index (χ2v) is 7.20. The Kier molecular flexibility index (Phi) is 5.51. The zero-order valence-electron chi connectivity index (χ0n) is 13.8. The summed E-state index contributed by atoms with van der Waals surface area (Å²) in [6, 6.07) is 12.3. The first kappa shape index (κ1) is 17.0. The minimum absolute atomic E-state index is 0.262. The van der Waals surface area contributed by atoms with E-state index in [1.807, 2.05) is 42.3 Å². The second kappa shape index (κ2) is 7.79. The Hall–Kier alpha value is -1.88. The molecule has 4 nitrogen and oxygen atoms in total. The molecule has 2 heterocycles. The van der Waals surface area contributed by atoms with Crippen molar-refractivity contribution in [1.82, 2.24) is 9.88 Å². The molecule has 5 heteroatoms. The number of hydrogen-bond donors (Lipinski definition) is 1. The average Bonchev–Trinajstić information content (AvgIpc) is 2.95. The van der Waals surface area contributed by atoms with E-state index in [4.69, 9.17) is 0 Å². The number of nitrogens with one attached hydrogen (secondary N) is 1. The van der Waals surface area contributed by atoms with Crippen LogP contribution >= 0.6 is 15.9 Å². The first-order valence-electron chi connectivity index (χ1n) is 8.29. The number of carbonyl (C=O) groups is 1. The summed E-state index contributed by atoms with van der Waals surface area (Å²) in [5, 5.41) is 3.36. The van der Waals surface area contributed by atoms with Crippen LogP contribution in [0, 0.1) is 12.8 Å². The van der Waals surface area contributed by atoms with Crippen molar-refractivity contribution in [2.75, 3.05) is 25.0 Å². The van der Waals surface area contributed by atoms with Gasteiger partial charge in [-0.1, -0.05) is 30.3 Å². The highest BCUT2D eigenvalue weighted by Crippen LogP contribution is 2.21. The maximum Gasteiger partial charge on any atom is 0.223 e. The van der Waals surface area contributed by atoms with Gasteiger partial charge in [-0.2, -0.15) is 0 Å². The van der Waals surface area contributed by atoms with Crippen molar-refractivity contribution in [3.8, 4) is 0 Å². The monoisotopic (exact) mass is 387 g/mol. The molecule has 1 saturated heterocycles. The molecule has 0 spiro atoms. The fraction of sp³-hybridized carbons (Fsp3) is 0.368. The van der Waals surface area contributed by atoms with Crippen LogP contribution in [-0.4, -0.2) is 35.4 Å². The summed E-state index contributed by atoms with van der Waals surface area (Å²) in [7, 11) is 0. The Morgan fingerprint density at radius 2 is 2.12 bits per heavy atom. The Labute approximate surface area is 151 Å². The van der Waals surface area contributed by atoms with Gasteiger partial charge in [0.15, 0.2) is 0 Å². The van der Waals surface area contributed by atoms with Gasteiger partial charge in [0, 0.05) is 42.6 Å². The molecule has 0 radical (unpaired) electrons. The highest BCUT2D eigenvalue weighted by atomic mass is 79.9. The van der Waals surface area contributed by atoms with E-state index < -0.39 is 0 Å². The van der Waals surface area contributed by atoms with Gasteiger partial charge < -0.3 is 10.2 Å². The van der Waals surface area contributed by atoms with Gasteiger partial charge in [-0.15, -0.1) is 0 Å². The molecule has 0 saturated carbocycles. The van der Waals surface area contributed by atoms with E-state index in [0.29, 0.717) is 12.3 Å². The van der Waals surface area contributed by atoms with Gasteiger partial charge in [-0.05, 0) is 46.5 Å². The Bertz CT molecular complexity index is 705. The molecule has 1 aromatic heterocycles. The molecular weight excluding hydrogens is 366 g/mol. The number of aromatic nitrogens is 1. The smallest absolute Gasteiger partial charge is 0.223 e. The molecule has 24 heavy (non-hydrogen) atoms. The molecule has 126 valence electrons. The molecule has 1 atom stereocenters. The zero-order valence-corrected chi connectivity index (χ0v) is 15.4. The largest absolute Gasteiger partial charge is 0.370 e. The lowest BCUT2D eigenvalue weighted by Crippen LogP contribution is -2.28. The fourth-order valence-corrected chi connectivity index (χ4v) is 3.22. The van der Waals surface area contributed by atoms with Crippen LogP contribution in [0.25, 0.3) is 0 Å². The molecule has 3 rings (SSSR count). The molecule has 1 aromatic carbocycles. The van der Waals surface area contributed by atoms with Crippen molar-refractivity contribution < 1.29 is 4.79 Å². The molecule has 1 unspecified atom stereocenters. The van der Waals surface area contributed by atoms with Crippen LogP contribution in [0.2, 0.25) is 0 Å². The number of anilines is 1. The number of halogens is 1. The molecule has 1 amide bonds. The van der Waals surface area contributed by atoms with Gasteiger partial charge in [0.05, 0.1) is 0 Å². The SMILES string of the molecule is Cc1cc(NCC2CC(=O)N(CCc3ccccc3)C2)ncc1Br. The summed E-state index contributed by atoms with van der Waals surface area (Å²) in [5.41, 5.74) is 2.43. The van der Waals surface area contributed by atoms with Crippen LogP contribution in [0.5, 0.6) is 0 Å². The topological polar surface area (TPSA) is 45.2 Å². The van der Waals surface area contributed by atoms with Crippen LogP contribution in [0.4, 0.5) is 5.82 Å². The standard InChI is InChI=1S/C19H22BrN3O/c1-14-9-18(22-12-17(14)20)21-11-16-10-19(24)23(13-16)8-7-15-5-3-2-4-6-15/h2-6,9,12,16H,7-8,10-11,13H2,1H3,(H,21,22). The van der Waals surface area contributed by atoms with Crippen LogP contribution < -0.4 is 5.32 Å². The first-order valence-corrected chi connectivity index (χ1v) is 9.09. The summed E-state index contributed by atoms with van der Waals surface area (Å²) in [6.45, 7) is 4.45. The zero-order chi connectivity index (χ0) is 16.9. The fourth-order valence-electron chi connectivity index (χ4n) is 3.00. The van der Waals surface area contributed by atoms with Crippen LogP contribution in [0.15, 0.2) is 47.1 Å². The van der Waals surface area contributed by atoms with E-state index in [9.17, 15) is 4.79 Å². The predicted octanol–water partition coefficient (Wildman–Crippen LogP) is 3.66. The maximum atomic E-state index is 12.2. The molecule has 0 aliphatic carbocycles. The second-order valence-electron chi connectivity index (χ2n) is 6.35. The van der Waals surface area contributed by atoms with Crippen molar-refractivity contribution >= 4 is 27.7 Å². The number of likely N-dealkylation sites (tertiary alicyclic amines) is 1. The van der Waals surface area contributed by atoms with Gasteiger partial charge in [-0.25, -0.2) is 4.98 Å². The highest BCUT2D eigenvalue weighted by molar-refractivity contribution is 9.10. The lowest BCUT2D eigenvalue weighted by atomic mass is 10.1. The van der Waals surface area contributed by atoms with Crippen molar-refractivity contribution in [3.05, 3.63) is 58.2 Å². The third-order valence-electron chi connectivity index (χ3n) is 4.43. The summed E-state index contributed by atoms with van der Waals surface area (Å²) < 4.78 is 1.01. The van der Waals surface area contributed by atoms with Crippen molar-refractivity contribution in [2.45, 2.75) is 19.8 Å². The third-order valence-corrected chi connectivity index (χ3v) is 5.26. The third kappa shape index (κ3) is 4.35. The van der Waals surface area contributed by atoms with Crippen molar-refractivity contribution in [3.63, 3.8) is 0 Å². The minimum Gasteiger partial charge on any atom is -0.370 e. The summed E-state index contributed by atoms with van der Waals surface area (Å²) in [5.74, 6) is 1.47. The first-order chi connectivity index (χ1) is 11.6. The van der Waals surface area contributed by atoms with Crippen molar-refractivity contribution in [2.24, 2.45) is 5.92 Å². The number of carbonyl (C=O) groups excluding carboxylic acids is 1. The van der Waals surface area contributed by atoms with Gasteiger partial charge in [-0.3, -0.25) is 4.79 Å². The normalized spacial score (nSPS) is 17.3. The number of amides is 1. The number of benzene rings is 1. The number of pyridine rings is 1. The molecule has 0 bridgehead atoms. The minimum atomic E-state index is 0.262. The summed E-state index contributed by atoms with van der Waals surface area (Å²) in [4.78, 5) is 18.5. The Morgan fingerprint density at radius 1 is 1.33 bits per heavy atom. The quantitative estimate of drug-likeness (QED) is 0.822. The molecular formula is C19H22BrN3O. The number of rotatable bonds is 6. The van der Waals surface area contributed by atoms with E-state index >= 15 is 0 Å². The van der Waals surface area contributed by atoms with Crippen LogP contribution in [0.1, 0.15) is 17.5 Å². The highest BCUT2D eigenvalue weighted by Gasteiger charge is 2.28. The average molecular weight is 388 g/mol. The van der Waals surface area contributed by atoms with Crippen molar-refractivity contribution in [1.29, 1.82) is 0 Å². The molecule has 1 aliphatic heterocycles. The molecule has 2 aromatic rings. The molecule has 1 fully saturated rings. The number of aryl methyl sites for hydroxylation is 1. The molecule has 1 aliphatic rings. The van der Waals surface area contributed by atoms with Gasteiger partial charge in [0.1, 0.15) is 5.82 Å². The number of hydrogen-bond acceptors (Lipinski definition) is 3. The Balaban J connectivity index is 1.48. The van der Waals surface area contributed by atoms with E-state index in [-0.39, 0.29) is 5.91 Å². The van der Waals surface area contributed by atoms with Gasteiger partial charge in [0.2, 0.25) is 5.91 Å². The lowest BCUT2D eigenvalue weighted by molar-refractivity contribution is -0.127. The summed E-state index contributed by atoms with van der Waals surface area (Å²) >= 11 is 3.46. The Morgan fingerprint density at radius 3 is 2.88 bits per heavy atom. The predicted molar refractivity (Wildman–Crippen MR) is 100.0 cm³/mol. The van der Waals surface area contributed by atoms with E-state index in [0.717, 1.165) is 41.9 Å². The number of nitrogens with zero attached hydrogens (tertiary/aromatic N) is 2. The van der Waals surface area contributed by atoms with E-state index in [1.165, 1.54) is 5.56 Å². The van der Waals surface area contributed by atoms with Crippen LogP contribution in [-0.2, 0) is 11.2 Å². The summed E-state index contributed by atoms with van der Waals surface area (Å²) in [6.07, 6.45) is 3.35. The van der Waals surface area contributed by atoms with Crippen LogP contribution in [0.3, 0.4) is 0 Å².